The van der Waals surface area contributed by atoms with Crippen LogP contribution in [0.5, 0.6) is 5.75 Å². The molecule has 0 N–H and O–H groups in total. The van der Waals surface area contributed by atoms with Gasteiger partial charge in [0.1, 0.15) is 0 Å². The molecule has 0 bridgehead atoms. The summed E-state index contributed by atoms with van der Waals surface area (Å²) in [5, 5.41) is 10.3. The van der Waals surface area contributed by atoms with Gasteiger partial charge in [-0.3, -0.25) is 0 Å². The summed E-state index contributed by atoms with van der Waals surface area (Å²) in [4.78, 5) is 0. The summed E-state index contributed by atoms with van der Waals surface area (Å²) in [7, 11) is 0. The monoisotopic (exact) mass is 172 g/mol. The fraction of sp³-hybridized carbons (Fsp3) is 0. The summed E-state index contributed by atoms with van der Waals surface area (Å²) >= 11 is 0. The third-order valence-corrected chi connectivity index (χ3v) is 0.743. The van der Waals surface area contributed by atoms with E-state index in [1.54, 1.807) is 12.1 Å². The SMILES string of the molecule is [CH3-].[O-]c1ccccc1.[Zn+2]. The molecule has 0 radical (unpaired) electrons. The van der Waals surface area contributed by atoms with Gasteiger partial charge in [-0.25, -0.2) is 0 Å². The minimum atomic E-state index is 0. The Morgan fingerprint density at radius 2 is 1.44 bits per heavy atom. The van der Waals surface area contributed by atoms with Gasteiger partial charge in [0.2, 0.25) is 0 Å². The first-order valence-corrected chi connectivity index (χ1v) is 2.11. The number of hydrogen-bond acceptors (Lipinski definition) is 1. The maximum Gasteiger partial charge on any atom is 2.00 e. The number of benzene rings is 1. The molecule has 0 atom stereocenters. The Morgan fingerprint density at radius 3 is 1.67 bits per heavy atom. The fourth-order valence-corrected chi connectivity index (χ4v) is 0.420. The topological polar surface area (TPSA) is 23.1 Å². The van der Waals surface area contributed by atoms with E-state index in [0.717, 1.165) is 0 Å². The van der Waals surface area contributed by atoms with E-state index in [0.29, 0.717) is 0 Å². The van der Waals surface area contributed by atoms with Crippen LogP contribution in [-0.2, 0) is 19.5 Å². The zero-order valence-corrected chi connectivity index (χ0v) is 8.47. The standard InChI is InChI=1S/C6H6O.CH3.Zn/c7-6-4-2-1-3-5-6;;/h1-5,7H;1H3;/q;-1;+2/p-1. The molecule has 0 saturated heterocycles. The van der Waals surface area contributed by atoms with Gasteiger partial charge in [0.15, 0.2) is 0 Å². The van der Waals surface area contributed by atoms with E-state index in [9.17, 15) is 5.11 Å². The molecule has 1 aromatic rings. The van der Waals surface area contributed by atoms with E-state index in [-0.39, 0.29) is 32.7 Å². The van der Waals surface area contributed by atoms with Crippen LogP contribution < -0.4 is 5.11 Å². The molecule has 0 aliphatic heterocycles. The van der Waals surface area contributed by atoms with E-state index >= 15 is 0 Å². The third-order valence-electron chi connectivity index (χ3n) is 0.743. The van der Waals surface area contributed by atoms with Gasteiger partial charge in [0.05, 0.1) is 0 Å². The van der Waals surface area contributed by atoms with E-state index in [1.165, 1.54) is 12.1 Å². The van der Waals surface area contributed by atoms with Crippen LogP contribution in [0.4, 0.5) is 0 Å². The Balaban J connectivity index is 0. The molecule has 9 heavy (non-hydrogen) atoms. The zero-order valence-electron chi connectivity index (χ0n) is 5.50. The zero-order chi connectivity index (χ0) is 5.11. The summed E-state index contributed by atoms with van der Waals surface area (Å²) in [6.07, 6.45) is 0. The Morgan fingerprint density at radius 1 is 1.00 bits per heavy atom. The average Bonchev–Trinajstić information content (AvgIpc) is 1.69. The minimum absolute atomic E-state index is 0. The van der Waals surface area contributed by atoms with E-state index in [4.69, 9.17) is 0 Å². The van der Waals surface area contributed by atoms with Crippen LogP contribution in [0, 0.1) is 7.43 Å². The molecule has 0 spiro atoms. The van der Waals surface area contributed by atoms with Gasteiger partial charge in [-0.1, -0.05) is 30.3 Å². The van der Waals surface area contributed by atoms with Gasteiger partial charge in [0, 0.05) is 0 Å². The number of para-hydroxylation sites is 1. The van der Waals surface area contributed by atoms with Crippen molar-refractivity contribution in [2.45, 2.75) is 0 Å². The molecular formula is C7H8OZn. The second-order valence-corrected chi connectivity index (χ2v) is 1.31. The first-order valence-electron chi connectivity index (χ1n) is 2.11. The predicted octanol–water partition coefficient (Wildman–Crippen LogP) is 1.21. The summed E-state index contributed by atoms with van der Waals surface area (Å²) in [5.74, 6) is 0.0718. The van der Waals surface area contributed by atoms with Crippen molar-refractivity contribution in [1.82, 2.24) is 0 Å². The van der Waals surface area contributed by atoms with Crippen molar-refractivity contribution >= 4 is 0 Å². The smallest absolute Gasteiger partial charge is 0.872 e. The number of hydrogen-bond donors (Lipinski definition) is 0. The van der Waals surface area contributed by atoms with Gasteiger partial charge in [-0.05, 0) is 0 Å². The van der Waals surface area contributed by atoms with Crippen LogP contribution in [0.3, 0.4) is 0 Å². The van der Waals surface area contributed by atoms with Crippen LogP contribution in [0.15, 0.2) is 30.3 Å². The maximum absolute atomic E-state index is 10.3. The van der Waals surface area contributed by atoms with Crippen LogP contribution in [0.1, 0.15) is 0 Å². The van der Waals surface area contributed by atoms with Gasteiger partial charge in [-0.15, -0.1) is 5.75 Å². The molecule has 1 rings (SSSR count). The van der Waals surface area contributed by atoms with E-state index in [1.807, 2.05) is 6.07 Å². The van der Waals surface area contributed by atoms with E-state index in [2.05, 4.69) is 0 Å². The summed E-state index contributed by atoms with van der Waals surface area (Å²) in [5.41, 5.74) is 0. The molecule has 0 aromatic heterocycles. The van der Waals surface area contributed by atoms with Crippen LogP contribution in [0.25, 0.3) is 0 Å². The molecular weight excluding hydrogens is 165 g/mol. The maximum atomic E-state index is 10.3. The van der Waals surface area contributed by atoms with Gasteiger partial charge < -0.3 is 12.5 Å². The van der Waals surface area contributed by atoms with Crippen LogP contribution in [0.2, 0.25) is 0 Å². The summed E-state index contributed by atoms with van der Waals surface area (Å²) < 4.78 is 0. The van der Waals surface area contributed by atoms with Crippen LogP contribution in [-0.4, -0.2) is 0 Å². The van der Waals surface area contributed by atoms with Gasteiger partial charge in [-0.2, -0.15) is 0 Å². The van der Waals surface area contributed by atoms with Crippen molar-refractivity contribution in [2.24, 2.45) is 0 Å². The van der Waals surface area contributed by atoms with Gasteiger partial charge >= 0.3 is 19.5 Å². The largest absolute Gasteiger partial charge is 2.00 e. The summed E-state index contributed by atoms with van der Waals surface area (Å²) in [6.45, 7) is 0. The first-order chi connectivity index (χ1) is 3.39. The third kappa shape index (κ3) is 4.17. The van der Waals surface area contributed by atoms with Crippen molar-refractivity contribution in [3.8, 4) is 5.75 Å². The predicted molar refractivity (Wildman–Crippen MR) is 32.3 cm³/mol. The average molecular weight is 174 g/mol. The van der Waals surface area contributed by atoms with Crippen molar-refractivity contribution in [3.63, 3.8) is 0 Å². The van der Waals surface area contributed by atoms with E-state index < -0.39 is 0 Å². The molecule has 0 aliphatic rings. The molecule has 0 unspecified atom stereocenters. The van der Waals surface area contributed by atoms with Gasteiger partial charge in [0.25, 0.3) is 0 Å². The molecule has 0 heterocycles. The Hall–Kier alpha value is -0.357. The van der Waals surface area contributed by atoms with Crippen molar-refractivity contribution in [1.29, 1.82) is 0 Å². The minimum Gasteiger partial charge on any atom is -0.872 e. The molecule has 44 valence electrons. The quantitative estimate of drug-likeness (QED) is 0.427. The second kappa shape index (κ2) is 5.77. The summed E-state index contributed by atoms with van der Waals surface area (Å²) in [6, 6.07) is 8.33. The number of rotatable bonds is 0. The molecule has 2 heteroatoms. The Labute approximate surface area is 68.5 Å². The second-order valence-electron chi connectivity index (χ2n) is 1.31. The molecule has 0 saturated carbocycles. The molecule has 1 aromatic carbocycles. The Bertz CT molecular complexity index is 139. The molecule has 0 amide bonds. The van der Waals surface area contributed by atoms with Crippen molar-refractivity contribution in [2.75, 3.05) is 0 Å². The molecule has 1 nitrogen and oxygen atoms in total. The molecule has 0 aliphatic carbocycles. The first kappa shape index (κ1) is 11.4. The van der Waals surface area contributed by atoms with Crippen molar-refractivity contribution < 1.29 is 24.6 Å². The Kier molecular flexibility index (Phi) is 7.34. The van der Waals surface area contributed by atoms with Crippen molar-refractivity contribution in [3.05, 3.63) is 37.8 Å². The fourth-order valence-electron chi connectivity index (χ4n) is 0.420. The molecule has 0 fully saturated rings. The normalized spacial score (nSPS) is 6.67. The van der Waals surface area contributed by atoms with Crippen LogP contribution >= 0.6 is 0 Å².